The van der Waals surface area contributed by atoms with Crippen LogP contribution in [0, 0.1) is 0 Å². The van der Waals surface area contributed by atoms with Gasteiger partial charge in [0, 0.05) is 0 Å². The first-order valence-corrected chi connectivity index (χ1v) is 3.49. The molecule has 0 aromatic heterocycles. The topological polar surface area (TPSA) is 20.2 Å². The van der Waals surface area contributed by atoms with Gasteiger partial charge < -0.3 is 5.11 Å². The van der Waals surface area contributed by atoms with E-state index in [2.05, 4.69) is 6.58 Å². The molecule has 0 aromatic rings. The summed E-state index contributed by atoms with van der Waals surface area (Å²) in [5.74, 6) is 0. The van der Waals surface area contributed by atoms with Crippen LogP contribution < -0.4 is 0 Å². The van der Waals surface area contributed by atoms with Crippen molar-refractivity contribution in [2.45, 2.75) is 38.2 Å². The molecule has 1 saturated carbocycles. The first-order chi connectivity index (χ1) is 4.12. The van der Waals surface area contributed by atoms with Gasteiger partial charge in [-0.1, -0.05) is 5.57 Å². The van der Waals surface area contributed by atoms with Crippen molar-refractivity contribution in [1.29, 1.82) is 0 Å². The normalized spacial score (nSPS) is 21.6. The van der Waals surface area contributed by atoms with Gasteiger partial charge in [-0.05, 0) is 32.6 Å². The Balaban J connectivity index is 2.12. The van der Waals surface area contributed by atoms with Gasteiger partial charge in [0.1, 0.15) is 0 Å². The summed E-state index contributed by atoms with van der Waals surface area (Å²) in [6, 6.07) is 0. The van der Waals surface area contributed by atoms with E-state index in [9.17, 15) is 5.11 Å². The van der Waals surface area contributed by atoms with E-state index in [0.29, 0.717) is 0 Å². The van der Waals surface area contributed by atoms with Crippen LogP contribution in [0.4, 0.5) is 0 Å². The molecular weight excluding hydrogens is 112 g/mol. The molecule has 52 valence electrons. The van der Waals surface area contributed by atoms with Crippen LogP contribution in [-0.4, -0.2) is 10.7 Å². The molecule has 0 bridgehead atoms. The average Bonchev–Trinajstić information content (AvgIpc) is 2.45. The molecule has 0 saturated heterocycles. The highest BCUT2D eigenvalue weighted by atomic mass is 16.3. The van der Waals surface area contributed by atoms with Crippen molar-refractivity contribution in [3.8, 4) is 0 Å². The Hall–Kier alpha value is -0.300. The quantitative estimate of drug-likeness (QED) is 0.572. The second-order valence-electron chi connectivity index (χ2n) is 3.18. The van der Waals surface area contributed by atoms with Gasteiger partial charge in [-0.25, -0.2) is 0 Å². The summed E-state index contributed by atoms with van der Waals surface area (Å²) in [5.41, 5.74) is 0.897. The van der Waals surface area contributed by atoms with Crippen LogP contribution in [0.15, 0.2) is 12.2 Å². The summed E-state index contributed by atoms with van der Waals surface area (Å²) in [6.45, 7) is 5.78. The molecule has 9 heavy (non-hydrogen) atoms. The summed E-state index contributed by atoms with van der Waals surface area (Å²) >= 11 is 0. The molecule has 0 spiro atoms. The van der Waals surface area contributed by atoms with E-state index in [0.717, 1.165) is 25.7 Å². The Kier molecular flexibility index (Phi) is 1.62. The molecule has 1 rings (SSSR count). The van der Waals surface area contributed by atoms with Crippen molar-refractivity contribution >= 4 is 0 Å². The van der Waals surface area contributed by atoms with E-state index in [1.807, 2.05) is 6.92 Å². The molecule has 0 amide bonds. The largest absolute Gasteiger partial charge is 0.390 e. The van der Waals surface area contributed by atoms with Crippen LogP contribution in [0.1, 0.15) is 32.6 Å². The third kappa shape index (κ3) is 2.19. The van der Waals surface area contributed by atoms with Gasteiger partial charge >= 0.3 is 0 Å². The molecule has 0 aliphatic heterocycles. The molecule has 1 nitrogen and oxygen atoms in total. The lowest BCUT2D eigenvalue weighted by Crippen LogP contribution is -2.05. The molecule has 1 N–H and O–H groups in total. The highest BCUT2D eigenvalue weighted by Crippen LogP contribution is 2.39. The molecule has 0 heterocycles. The molecule has 1 aliphatic rings. The Morgan fingerprint density at radius 2 is 2.22 bits per heavy atom. The zero-order valence-electron chi connectivity index (χ0n) is 5.98. The van der Waals surface area contributed by atoms with Gasteiger partial charge in [0.15, 0.2) is 0 Å². The zero-order valence-corrected chi connectivity index (χ0v) is 5.98. The van der Waals surface area contributed by atoms with E-state index >= 15 is 0 Å². The minimum atomic E-state index is -0.279. The molecule has 0 radical (unpaired) electrons. The lowest BCUT2D eigenvalue weighted by Gasteiger charge is -2.04. The van der Waals surface area contributed by atoms with Gasteiger partial charge in [0.25, 0.3) is 0 Å². The highest BCUT2D eigenvalue weighted by Gasteiger charge is 2.39. The predicted molar refractivity (Wildman–Crippen MR) is 38.2 cm³/mol. The monoisotopic (exact) mass is 126 g/mol. The minimum absolute atomic E-state index is 0.279. The maximum absolute atomic E-state index is 9.34. The first kappa shape index (κ1) is 6.81. The number of allylic oxidation sites excluding steroid dienone is 1. The van der Waals surface area contributed by atoms with Crippen LogP contribution in [-0.2, 0) is 0 Å². The third-order valence-corrected chi connectivity index (χ3v) is 1.84. The fourth-order valence-electron chi connectivity index (χ4n) is 0.840. The molecule has 0 aromatic carbocycles. The Labute approximate surface area is 56.4 Å². The molecule has 1 aliphatic carbocycles. The van der Waals surface area contributed by atoms with E-state index < -0.39 is 0 Å². The van der Waals surface area contributed by atoms with Gasteiger partial charge in [-0.3, -0.25) is 0 Å². The van der Waals surface area contributed by atoms with Crippen molar-refractivity contribution in [2.75, 3.05) is 0 Å². The van der Waals surface area contributed by atoms with Crippen LogP contribution in [0.2, 0.25) is 0 Å². The summed E-state index contributed by atoms with van der Waals surface area (Å²) in [7, 11) is 0. The summed E-state index contributed by atoms with van der Waals surface area (Å²) in [6.07, 6.45) is 3.90. The minimum Gasteiger partial charge on any atom is -0.390 e. The zero-order chi connectivity index (χ0) is 6.91. The molecule has 0 atom stereocenters. The van der Waals surface area contributed by atoms with E-state index in [-0.39, 0.29) is 5.60 Å². The van der Waals surface area contributed by atoms with Crippen LogP contribution in [0.3, 0.4) is 0 Å². The fraction of sp³-hybridized carbons (Fsp3) is 0.750. The maximum Gasteiger partial charge on any atom is 0.0653 e. The van der Waals surface area contributed by atoms with Crippen LogP contribution in [0.5, 0.6) is 0 Å². The van der Waals surface area contributed by atoms with E-state index in [1.54, 1.807) is 0 Å². The Bertz CT molecular complexity index is 123. The number of hydrogen-bond donors (Lipinski definition) is 1. The Morgan fingerprint density at radius 3 is 2.56 bits per heavy atom. The van der Waals surface area contributed by atoms with Crippen molar-refractivity contribution < 1.29 is 5.11 Å². The Morgan fingerprint density at radius 1 is 1.67 bits per heavy atom. The van der Waals surface area contributed by atoms with Gasteiger partial charge in [0.05, 0.1) is 5.60 Å². The van der Waals surface area contributed by atoms with Gasteiger partial charge in [-0.15, -0.1) is 6.58 Å². The maximum atomic E-state index is 9.34. The molecule has 1 fully saturated rings. The van der Waals surface area contributed by atoms with Crippen molar-refractivity contribution in [1.82, 2.24) is 0 Å². The number of rotatable bonds is 3. The number of aliphatic hydroxyl groups is 1. The van der Waals surface area contributed by atoms with Crippen molar-refractivity contribution in [2.24, 2.45) is 0 Å². The van der Waals surface area contributed by atoms with E-state index in [4.69, 9.17) is 0 Å². The third-order valence-electron chi connectivity index (χ3n) is 1.84. The second-order valence-corrected chi connectivity index (χ2v) is 3.18. The lowest BCUT2D eigenvalue weighted by molar-refractivity contribution is 0.140. The van der Waals surface area contributed by atoms with Crippen molar-refractivity contribution in [3.63, 3.8) is 0 Å². The summed E-state index contributed by atoms with van der Waals surface area (Å²) in [4.78, 5) is 0. The predicted octanol–water partition coefficient (Wildman–Crippen LogP) is 1.87. The average molecular weight is 126 g/mol. The summed E-state index contributed by atoms with van der Waals surface area (Å²) < 4.78 is 0. The van der Waals surface area contributed by atoms with Gasteiger partial charge in [0.2, 0.25) is 0 Å². The first-order valence-electron chi connectivity index (χ1n) is 3.49. The lowest BCUT2D eigenvalue weighted by atomic mass is 10.1. The second kappa shape index (κ2) is 2.14. The standard InChI is InChI=1S/C8H14O/c1-7(2)3-4-8(9)5-6-8/h9H,1,3-6H2,2H3. The van der Waals surface area contributed by atoms with E-state index in [1.165, 1.54) is 5.57 Å². The van der Waals surface area contributed by atoms with Crippen molar-refractivity contribution in [3.05, 3.63) is 12.2 Å². The summed E-state index contributed by atoms with van der Waals surface area (Å²) in [5, 5.41) is 9.34. The van der Waals surface area contributed by atoms with Gasteiger partial charge in [-0.2, -0.15) is 0 Å². The number of hydrogen-bond acceptors (Lipinski definition) is 1. The highest BCUT2D eigenvalue weighted by molar-refractivity contribution is 4.98. The fourth-order valence-corrected chi connectivity index (χ4v) is 0.840. The molecular formula is C8H14O. The smallest absolute Gasteiger partial charge is 0.0653 e. The van der Waals surface area contributed by atoms with Crippen LogP contribution >= 0.6 is 0 Å². The SMILES string of the molecule is C=C(C)CCC1(O)CC1. The molecule has 1 heteroatoms. The van der Waals surface area contributed by atoms with Crippen LogP contribution in [0.25, 0.3) is 0 Å². The molecule has 0 unspecified atom stereocenters.